The Morgan fingerprint density at radius 2 is 1.93 bits per heavy atom. The number of benzene rings is 1. The van der Waals surface area contributed by atoms with Crippen LogP contribution in [0, 0.1) is 18.6 Å². The van der Waals surface area contributed by atoms with E-state index in [4.69, 9.17) is 0 Å². The summed E-state index contributed by atoms with van der Waals surface area (Å²) in [7, 11) is 1.70. The van der Waals surface area contributed by atoms with Gasteiger partial charge in [-0.3, -0.25) is 0 Å². The molecule has 15 heavy (non-hydrogen) atoms. The predicted molar refractivity (Wildman–Crippen MR) is 51.1 cm³/mol. The van der Waals surface area contributed by atoms with Crippen molar-refractivity contribution in [1.29, 1.82) is 0 Å². The minimum Gasteiger partial charge on any atom is -0.317 e. The maximum atomic E-state index is 13.5. The SMILES string of the molecule is Cc1cc(-c2nncn2C)c(F)cc1F. The van der Waals surface area contributed by atoms with Crippen LogP contribution in [0.3, 0.4) is 0 Å². The van der Waals surface area contributed by atoms with Crippen molar-refractivity contribution in [3.05, 3.63) is 35.7 Å². The Morgan fingerprint density at radius 1 is 1.20 bits per heavy atom. The molecule has 0 unspecified atom stereocenters. The predicted octanol–water partition coefficient (Wildman–Crippen LogP) is 2.07. The van der Waals surface area contributed by atoms with Gasteiger partial charge < -0.3 is 4.57 Å². The summed E-state index contributed by atoms with van der Waals surface area (Å²) in [6.07, 6.45) is 1.47. The number of aromatic nitrogens is 3. The van der Waals surface area contributed by atoms with E-state index in [-0.39, 0.29) is 5.56 Å². The molecule has 0 radical (unpaired) electrons. The number of halogens is 2. The first-order valence-electron chi connectivity index (χ1n) is 4.39. The van der Waals surface area contributed by atoms with Gasteiger partial charge in [-0.1, -0.05) is 0 Å². The van der Waals surface area contributed by atoms with E-state index >= 15 is 0 Å². The van der Waals surface area contributed by atoms with Gasteiger partial charge in [0, 0.05) is 13.1 Å². The Bertz CT molecular complexity index is 505. The fourth-order valence-electron chi connectivity index (χ4n) is 1.36. The molecule has 2 aromatic rings. The molecule has 0 spiro atoms. The molecule has 0 N–H and O–H groups in total. The van der Waals surface area contributed by atoms with Crippen LogP contribution in [0.15, 0.2) is 18.5 Å². The van der Waals surface area contributed by atoms with Gasteiger partial charge in [-0.25, -0.2) is 8.78 Å². The lowest BCUT2D eigenvalue weighted by molar-refractivity contribution is 0.578. The van der Waals surface area contributed by atoms with Crippen LogP contribution in [0.1, 0.15) is 5.56 Å². The van der Waals surface area contributed by atoms with E-state index in [2.05, 4.69) is 10.2 Å². The minimum atomic E-state index is -0.630. The smallest absolute Gasteiger partial charge is 0.166 e. The Hall–Kier alpha value is -1.78. The molecular weight excluding hydrogens is 200 g/mol. The quantitative estimate of drug-likeness (QED) is 0.719. The van der Waals surface area contributed by atoms with Crippen LogP contribution in [0.2, 0.25) is 0 Å². The Labute approximate surface area is 85.4 Å². The highest BCUT2D eigenvalue weighted by atomic mass is 19.1. The summed E-state index contributed by atoms with van der Waals surface area (Å²) in [5.41, 5.74) is 0.642. The maximum absolute atomic E-state index is 13.5. The fraction of sp³-hybridized carbons (Fsp3) is 0.200. The monoisotopic (exact) mass is 209 g/mol. The van der Waals surface area contributed by atoms with Crippen molar-refractivity contribution in [2.24, 2.45) is 7.05 Å². The first-order chi connectivity index (χ1) is 7.09. The molecule has 0 atom stereocenters. The number of aryl methyl sites for hydroxylation is 2. The zero-order valence-corrected chi connectivity index (χ0v) is 8.33. The molecule has 0 saturated heterocycles. The van der Waals surface area contributed by atoms with E-state index in [0.717, 1.165) is 6.07 Å². The number of rotatable bonds is 1. The van der Waals surface area contributed by atoms with Crippen molar-refractivity contribution in [2.75, 3.05) is 0 Å². The molecular formula is C10H9F2N3. The van der Waals surface area contributed by atoms with Crippen molar-refractivity contribution >= 4 is 0 Å². The molecule has 0 aliphatic carbocycles. The highest BCUT2D eigenvalue weighted by Gasteiger charge is 2.13. The van der Waals surface area contributed by atoms with Gasteiger partial charge in [-0.2, -0.15) is 0 Å². The maximum Gasteiger partial charge on any atom is 0.166 e. The second-order valence-electron chi connectivity index (χ2n) is 3.35. The summed E-state index contributed by atoms with van der Waals surface area (Å²) < 4.78 is 28.1. The molecule has 1 heterocycles. The zero-order valence-electron chi connectivity index (χ0n) is 8.33. The summed E-state index contributed by atoms with van der Waals surface area (Å²) in [6, 6.07) is 2.29. The molecule has 0 aliphatic rings. The molecule has 1 aromatic heterocycles. The lowest BCUT2D eigenvalue weighted by Crippen LogP contribution is -1.96. The Kier molecular flexibility index (Phi) is 2.22. The molecule has 0 bridgehead atoms. The van der Waals surface area contributed by atoms with Gasteiger partial charge in [0.2, 0.25) is 0 Å². The van der Waals surface area contributed by atoms with Crippen molar-refractivity contribution in [3.8, 4) is 11.4 Å². The van der Waals surface area contributed by atoms with E-state index in [9.17, 15) is 8.78 Å². The molecule has 0 amide bonds. The van der Waals surface area contributed by atoms with Crippen LogP contribution in [-0.4, -0.2) is 14.8 Å². The first kappa shape index (κ1) is 9.76. The van der Waals surface area contributed by atoms with Gasteiger partial charge >= 0.3 is 0 Å². The number of hydrogen-bond acceptors (Lipinski definition) is 2. The van der Waals surface area contributed by atoms with Crippen molar-refractivity contribution < 1.29 is 8.78 Å². The van der Waals surface area contributed by atoms with E-state index in [1.165, 1.54) is 12.4 Å². The highest BCUT2D eigenvalue weighted by Crippen LogP contribution is 2.22. The molecule has 78 valence electrons. The standard InChI is InChI=1S/C10H9F2N3/c1-6-3-7(9(12)4-8(6)11)10-14-13-5-15(10)2/h3-5H,1-2H3. The Morgan fingerprint density at radius 3 is 2.53 bits per heavy atom. The van der Waals surface area contributed by atoms with Crippen molar-refractivity contribution in [2.45, 2.75) is 6.92 Å². The van der Waals surface area contributed by atoms with E-state index < -0.39 is 11.6 Å². The van der Waals surface area contributed by atoms with Gasteiger partial charge in [0.15, 0.2) is 5.82 Å². The molecule has 0 fully saturated rings. The average Bonchev–Trinajstić information content (AvgIpc) is 2.58. The largest absolute Gasteiger partial charge is 0.317 e. The summed E-state index contributed by atoms with van der Waals surface area (Å²) in [6.45, 7) is 1.58. The zero-order chi connectivity index (χ0) is 11.0. The lowest BCUT2D eigenvalue weighted by Gasteiger charge is -2.04. The van der Waals surface area contributed by atoms with Crippen LogP contribution < -0.4 is 0 Å². The van der Waals surface area contributed by atoms with Gasteiger partial charge in [0.25, 0.3) is 0 Å². The average molecular weight is 209 g/mol. The van der Waals surface area contributed by atoms with Crippen molar-refractivity contribution in [3.63, 3.8) is 0 Å². The van der Waals surface area contributed by atoms with Gasteiger partial charge in [-0.15, -0.1) is 10.2 Å². The van der Waals surface area contributed by atoms with Gasteiger partial charge in [0.1, 0.15) is 18.0 Å². The number of nitrogens with zero attached hydrogens (tertiary/aromatic N) is 3. The highest BCUT2D eigenvalue weighted by molar-refractivity contribution is 5.57. The summed E-state index contributed by atoms with van der Waals surface area (Å²) in [4.78, 5) is 0. The normalized spacial score (nSPS) is 10.7. The molecule has 3 nitrogen and oxygen atoms in total. The first-order valence-corrected chi connectivity index (χ1v) is 4.39. The minimum absolute atomic E-state index is 0.258. The second-order valence-corrected chi connectivity index (χ2v) is 3.35. The third-order valence-corrected chi connectivity index (χ3v) is 2.20. The second kappa shape index (κ2) is 3.42. The third-order valence-electron chi connectivity index (χ3n) is 2.20. The molecule has 1 aromatic carbocycles. The van der Waals surface area contributed by atoms with Crippen LogP contribution in [0.25, 0.3) is 11.4 Å². The topological polar surface area (TPSA) is 30.7 Å². The van der Waals surface area contributed by atoms with Crippen molar-refractivity contribution in [1.82, 2.24) is 14.8 Å². The summed E-state index contributed by atoms with van der Waals surface area (Å²) in [5.74, 6) is -0.803. The van der Waals surface area contributed by atoms with Crippen LogP contribution in [0.5, 0.6) is 0 Å². The molecule has 5 heteroatoms. The molecule has 0 aliphatic heterocycles. The lowest BCUT2D eigenvalue weighted by atomic mass is 10.1. The van der Waals surface area contributed by atoms with E-state index in [1.807, 2.05) is 0 Å². The van der Waals surface area contributed by atoms with Crippen LogP contribution in [-0.2, 0) is 7.05 Å². The number of hydrogen-bond donors (Lipinski definition) is 0. The summed E-state index contributed by atoms with van der Waals surface area (Å²) in [5, 5.41) is 7.41. The summed E-state index contributed by atoms with van der Waals surface area (Å²) >= 11 is 0. The molecule has 2 rings (SSSR count). The van der Waals surface area contributed by atoms with Gasteiger partial charge in [-0.05, 0) is 18.6 Å². The van der Waals surface area contributed by atoms with Gasteiger partial charge in [0.05, 0.1) is 5.56 Å². The Balaban J connectivity index is 2.64. The van der Waals surface area contributed by atoms with E-state index in [0.29, 0.717) is 11.4 Å². The third kappa shape index (κ3) is 1.60. The fourth-order valence-corrected chi connectivity index (χ4v) is 1.36. The van der Waals surface area contributed by atoms with Crippen LogP contribution >= 0.6 is 0 Å². The van der Waals surface area contributed by atoms with Crippen LogP contribution in [0.4, 0.5) is 8.78 Å². The van der Waals surface area contributed by atoms with E-state index in [1.54, 1.807) is 18.5 Å². The molecule has 0 saturated carbocycles.